The Morgan fingerprint density at radius 3 is 2.29 bits per heavy atom. The lowest BCUT2D eigenvalue weighted by atomic mass is 9.99. The van der Waals surface area contributed by atoms with E-state index in [-0.39, 0.29) is 37.2 Å². The topological polar surface area (TPSA) is 141 Å². The fraction of sp³-hybridized carbons (Fsp3) is 0.429. The van der Waals surface area contributed by atoms with E-state index in [9.17, 15) is 19.8 Å². The summed E-state index contributed by atoms with van der Waals surface area (Å²) in [6, 6.07) is 24.0. The summed E-state index contributed by atoms with van der Waals surface area (Å²) < 4.78 is 13.0. The molecular weight excluding hydrogens is 574 g/mol. The summed E-state index contributed by atoms with van der Waals surface area (Å²) >= 11 is 0. The average molecular weight is 618 g/mol. The molecule has 2 heterocycles. The number of hydrogen-bond acceptors (Lipinski definition) is 8. The zero-order valence-electron chi connectivity index (χ0n) is 25.4. The number of likely N-dealkylation sites (tertiary alicyclic amines) is 1. The normalized spacial score (nSPS) is 21.8. The predicted molar refractivity (Wildman–Crippen MR) is 168 cm³/mol. The van der Waals surface area contributed by atoms with Crippen LogP contribution in [0.25, 0.3) is 11.1 Å². The first-order valence-corrected chi connectivity index (χ1v) is 15.7. The number of hydroxylamine groups is 1. The monoisotopic (exact) mass is 617 g/mol. The third-order valence-corrected chi connectivity index (χ3v) is 8.44. The van der Waals surface area contributed by atoms with Crippen LogP contribution in [0.2, 0.25) is 0 Å². The Balaban J connectivity index is 1.21. The number of nitrogens with zero attached hydrogens (tertiary/aromatic N) is 1. The van der Waals surface area contributed by atoms with Gasteiger partial charge >= 0.3 is 0 Å². The van der Waals surface area contributed by atoms with Crippen molar-refractivity contribution in [2.45, 2.75) is 76.3 Å². The molecule has 45 heavy (non-hydrogen) atoms. The second-order valence-electron chi connectivity index (χ2n) is 11.9. The Morgan fingerprint density at radius 2 is 1.60 bits per heavy atom. The zero-order valence-corrected chi connectivity index (χ0v) is 25.4. The van der Waals surface area contributed by atoms with Crippen LogP contribution in [0.3, 0.4) is 0 Å². The lowest BCUT2D eigenvalue weighted by molar-refractivity contribution is -0.252. The van der Waals surface area contributed by atoms with E-state index in [0.717, 1.165) is 52.9 Å². The molecule has 5 N–H and O–H groups in total. The summed E-state index contributed by atoms with van der Waals surface area (Å²) in [5.74, 6) is -0.528. The maximum Gasteiger partial charge on any atom is 0.243 e. The van der Waals surface area contributed by atoms with Gasteiger partial charge in [-0.05, 0) is 53.1 Å². The second-order valence-corrected chi connectivity index (χ2v) is 11.9. The molecule has 2 fully saturated rings. The summed E-state index contributed by atoms with van der Waals surface area (Å²) in [6.07, 6.45) is 2.02. The molecule has 0 unspecified atom stereocenters. The van der Waals surface area contributed by atoms with Gasteiger partial charge in [0.05, 0.1) is 24.9 Å². The third kappa shape index (κ3) is 9.43. The Bertz CT molecular complexity index is 1400. The fourth-order valence-corrected chi connectivity index (χ4v) is 5.91. The number of unbranched alkanes of at least 4 members (excludes halogenated alkanes) is 1. The lowest BCUT2D eigenvalue weighted by Gasteiger charge is -2.37. The van der Waals surface area contributed by atoms with E-state index in [1.54, 1.807) is 5.48 Å². The molecule has 5 rings (SSSR count). The number of aliphatic hydroxyl groups excluding tert-OH is 2. The van der Waals surface area contributed by atoms with Gasteiger partial charge in [-0.1, -0.05) is 66.7 Å². The molecule has 0 bridgehead atoms. The third-order valence-electron chi connectivity index (χ3n) is 8.44. The molecule has 2 amide bonds. The minimum Gasteiger partial charge on any atom is -0.392 e. The van der Waals surface area contributed by atoms with Crippen LogP contribution in [0.5, 0.6) is 0 Å². The minimum atomic E-state index is -0.549. The van der Waals surface area contributed by atoms with Crippen molar-refractivity contribution in [1.29, 1.82) is 0 Å². The number of β-amino-alcohol motifs (C(OH)–C–C–N with tert-alkyl or cyclic N) is 1. The highest BCUT2D eigenvalue weighted by atomic mass is 16.7. The van der Waals surface area contributed by atoms with Crippen molar-refractivity contribution >= 4 is 11.8 Å². The second kappa shape index (κ2) is 16.1. The Hall–Kier alpha value is -3.64. The minimum absolute atomic E-state index is 0.00358. The van der Waals surface area contributed by atoms with Crippen molar-refractivity contribution in [2.24, 2.45) is 0 Å². The first-order chi connectivity index (χ1) is 21.9. The number of ether oxygens (including phenoxy) is 2. The standard InChI is InChI=1S/C35H43N3O7/c39-23-24-8-10-27(11-9-24)32-19-31(22-38-17-16-30(40)21-38)44-35(45-32)28-14-12-26(13-15-28)29-5-3-4-25(18-29)20-36-33(41)6-1-2-7-34(42)37-43/h3-5,8-15,18,30-32,35,39-40,43H,1-2,6-7,16-17,19-23H2,(H,36,41)(H,37,42)/t30-,31+,32-,35-/m0/s1. The number of amides is 2. The van der Waals surface area contributed by atoms with Crippen LogP contribution in [0.15, 0.2) is 72.8 Å². The van der Waals surface area contributed by atoms with E-state index >= 15 is 0 Å². The zero-order chi connectivity index (χ0) is 31.6. The van der Waals surface area contributed by atoms with Crippen molar-refractivity contribution in [3.8, 4) is 11.1 Å². The quantitative estimate of drug-likeness (QED) is 0.110. The molecule has 0 radical (unpaired) electrons. The van der Waals surface area contributed by atoms with Crippen LogP contribution in [-0.4, -0.2) is 64.0 Å². The van der Waals surface area contributed by atoms with Crippen LogP contribution in [-0.2, 0) is 32.2 Å². The highest BCUT2D eigenvalue weighted by Gasteiger charge is 2.34. The Morgan fingerprint density at radius 1 is 0.867 bits per heavy atom. The molecule has 0 aromatic heterocycles. The number of nitrogens with one attached hydrogen (secondary N) is 2. The van der Waals surface area contributed by atoms with Crippen molar-refractivity contribution in [3.05, 3.63) is 95.1 Å². The first kappa shape index (κ1) is 32.7. The predicted octanol–water partition coefficient (Wildman–Crippen LogP) is 4.14. The average Bonchev–Trinajstić information content (AvgIpc) is 3.49. The van der Waals surface area contributed by atoms with Crippen molar-refractivity contribution < 1.29 is 34.5 Å². The summed E-state index contributed by atoms with van der Waals surface area (Å²) in [5.41, 5.74) is 7.45. The SMILES string of the molecule is O=C(CCCCC(=O)NCc1cccc(-c2ccc([C@H]3O[C@@H](CN4CC[C@H](O)C4)C[C@@H](c4ccc(CO)cc4)O3)cc2)c1)NO. The molecule has 240 valence electrons. The number of carbonyl (C=O) groups is 2. The van der Waals surface area contributed by atoms with Gasteiger partial charge in [0.2, 0.25) is 11.8 Å². The summed E-state index contributed by atoms with van der Waals surface area (Å²) in [7, 11) is 0. The maximum absolute atomic E-state index is 12.2. The molecule has 2 saturated heterocycles. The summed E-state index contributed by atoms with van der Waals surface area (Å²) in [5, 5.41) is 31.0. The van der Waals surface area contributed by atoms with Crippen molar-refractivity contribution in [1.82, 2.24) is 15.7 Å². The van der Waals surface area contributed by atoms with Crippen LogP contribution in [0.4, 0.5) is 0 Å². The van der Waals surface area contributed by atoms with E-state index in [2.05, 4.69) is 16.3 Å². The summed E-state index contributed by atoms with van der Waals surface area (Å²) in [6.45, 7) is 2.64. The fourth-order valence-electron chi connectivity index (χ4n) is 5.91. The van der Waals surface area contributed by atoms with Crippen LogP contribution in [0, 0.1) is 0 Å². The first-order valence-electron chi connectivity index (χ1n) is 15.7. The Kier molecular flexibility index (Phi) is 11.7. The largest absolute Gasteiger partial charge is 0.392 e. The van der Waals surface area contributed by atoms with Gasteiger partial charge in [0.25, 0.3) is 0 Å². The number of benzene rings is 3. The van der Waals surface area contributed by atoms with Gasteiger partial charge in [0.15, 0.2) is 6.29 Å². The smallest absolute Gasteiger partial charge is 0.243 e. The molecule has 0 aliphatic carbocycles. The number of rotatable bonds is 13. The molecule has 2 aliphatic rings. The lowest BCUT2D eigenvalue weighted by Crippen LogP contribution is -2.38. The molecule has 3 aromatic rings. The molecule has 3 aromatic carbocycles. The molecule has 0 saturated carbocycles. The van der Waals surface area contributed by atoms with Gasteiger partial charge in [-0.25, -0.2) is 5.48 Å². The van der Waals surface area contributed by atoms with Crippen LogP contribution >= 0.6 is 0 Å². The highest BCUT2D eigenvalue weighted by molar-refractivity contribution is 5.76. The number of hydrogen-bond donors (Lipinski definition) is 5. The molecule has 4 atom stereocenters. The van der Waals surface area contributed by atoms with E-state index < -0.39 is 12.2 Å². The molecular formula is C35H43N3O7. The van der Waals surface area contributed by atoms with Crippen LogP contribution < -0.4 is 10.8 Å². The molecule has 2 aliphatic heterocycles. The number of aliphatic hydroxyl groups is 2. The van der Waals surface area contributed by atoms with E-state index in [0.29, 0.717) is 38.8 Å². The summed E-state index contributed by atoms with van der Waals surface area (Å²) in [4.78, 5) is 25.6. The van der Waals surface area contributed by atoms with Gasteiger partial charge in [-0.2, -0.15) is 0 Å². The van der Waals surface area contributed by atoms with Crippen molar-refractivity contribution in [2.75, 3.05) is 19.6 Å². The maximum atomic E-state index is 12.2. The molecule has 10 heteroatoms. The van der Waals surface area contributed by atoms with Crippen LogP contribution in [0.1, 0.15) is 73.2 Å². The molecule has 10 nitrogen and oxygen atoms in total. The Labute approximate surface area is 263 Å². The molecule has 0 spiro atoms. The van der Waals surface area contributed by atoms with Crippen molar-refractivity contribution in [3.63, 3.8) is 0 Å². The number of carbonyl (C=O) groups excluding carboxylic acids is 2. The van der Waals surface area contributed by atoms with E-state index in [1.165, 1.54) is 0 Å². The van der Waals surface area contributed by atoms with Gasteiger partial charge in [0, 0.05) is 51.0 Å². The van der Waals surface area contributed by atoms with E-state index in [4.69, 9.17) is 14.7 Å². The van der Waals surface area contributed by atoms with Gasteiger partial charge in [-0.15, -0.1) is 0 Å². The van der Waals surface area contributed by atoms with E-state index in [1.807, 2.05) is 66.7 Å². The van der Waals surface area contributed by atoms with Gasteiger partial charge in [-0.3, -0.25) is 19.7 Å². The highest BCUT2D eigenvalue weighted by Crippen LogP contribution is 2.39. The van der Waals surface area contributed by atoms with Gasteiger partial charge in [0.1, 0.15) is 0 Å². The van der Waals surface area contributed by atoms with Gasteiger partial charge < -0.3 is 25.0 Å².